The van der Waals surface area contributed by atoms with Crippen molar-refractivity contribution in [2.24, 2.45) is 0 Å². The molecule has 0 radical (unpaired) electrons. The van der Waals surface area contributed by atoms with Crippen LogP contribution in [0.3, 0.4) is 0 Å². The van der Waals surface area contributed by atoms with Gasteiger partial charge in [0.1, 0.15) is 9.90 Å². The van der Waals surface area contributed by atoms with Crippen LogP contribution in [0.1, 0.15) is 18.1 Å². The van der Waals surface area contributed by atoms with Crippen LogP contribution < -0.4 is 10.6 Å². The molecule has 2 N–H and O–H groups in total. The molecule has 0 aliphatic rings. The highest BCUT2D eigenvalue weighted by Gasteiger charge is 2.26. The van der Waals surface area contributed by atoms with Crippen molar-refractivity contribution in [1.29, 1.82) is 0 Å². The highest BCUT2D eigenvalue weighted by molar-refractivity contribution is 7.91. The van der Waals surface area contributed by atoms with Gasteiger partial charge >= 0.3 is 0 Å². The number of sulfone groups is 1. The van der Waals surface area contributed by atoms with Crippen LogP contribution in [0.5, 0.6) is 0 Å². The lowest BCUT2D eigenvalue weighted by molar-refractivity contribution is 0.597. The summed E-state index contributed by atoms with van der Waals surface area (Å²) in [7, 11) is -1.53. The smallest absolute Gasteiger partial charge is 0.184 e. The third-order valence-electron chi connectivity index (χ3n) is 3.20. The molecule has 21 heavy (non-hydrogen) atoms. The molecule has 1 heterocycles. The molecule has 2 rings (SSSR count). The topological polar surface area (TPSA) is 76.3 Å². The van der Waals surface area contributed by atoms with Gasteiger partial charge in [-0.05, 0) is 24.0 Å². The zero-order chi connectivity index (χ0) is 15.6. The van der Waals surface area contributed by atoms with Crippen LogP contribution in [0, 0.1) is 6.92 Å². The van der Waals surface area contributed by atoms with Gasteiger partial charge in [-0.1, -0.05) is 36.8 Å². The number of aryl methyl sites for hydroxylation is 1. The van der Waals surface area contributed by atoms with Crippen molar-refractivity contribution in [2.75, 3.05) is 23.4 Å². The number of rotatable bonds is 5. The molecule has 2 aromatic rings. The number of benzene rings is 1. The Morgan fingerprint density at radius 3 is 2.71 bits per heavy atom. The van der Waals surface area contributed by atoms with E-state index in [0.29, 0.717) is 11.5 Å². The SMILES string of the molecule is CCS(=O)(=O)c1c(N)nsc1N(C)Cc1cccc(C)c1. The summed E-state index contributed by atoms with van der Waals surface area (Å²) < 4.78 is 28.4. The van der Waals surface area contributed by atoms with Crippen LogP contribution in [0.25, 0.3) is 0 Å². The molecule has 1 aromatic heterocycles. The van der Waals surface area contributed by atoms with E-state index in [4.69, 9.17) is 5.73 Å². The maximum Gasteiger partial charge on any atom is 0.184 e. The number of hydrogen-bond donors (Lipinski definition) is 1. The molecule has 0 atom stereocenters. The highest BCUT2D eigenvalue weighted by Crippen LogP contribution is 2.35. The average molecular weight is 325 g/mol. The Balaban J connectivity index is 2.35. The van der Waals surface area contributed by atoms with E-state index in [1.807, 2.05) is 37.1 Å². The van der Waals surface area contributed by atoms with Crippen LogP contribution in [0.15, 0.2) is 29.2 Å². The van der Waals surface area contributed by atoms with E-state index in [2.05, 4.69) is 10.4 Å². The van der Waals surface area contributed by atoms with Crippen LogP contribution in [0.2, 0.25) is 0 Å². The molecule has 0 spiro atoms. The van der Waals surface area contributed by atoms with E-state index in [9.17, 15) is 8.42 Å². The Kier molecular flexibility index (Phi) is 4.53. The fourth-order valence-corrected chi connectivity index (χ4v) is 4.41. The average Bonchev–Trinajstić information content (AvgIpc) is 2.81. The van der Waals surface area contributed by atoms with Gasteiger partial charge in [-0.15, -0.1) is 0 Å². The molecule has 5 nitrogen and oxygen atoms in total. The van der Waals surface area contributed by atoms with Crippen molar-refractivity contribution in [2.45, 2.75) is 25.3 Å². The second kappa shape index (κ2) is 6.03. The zero-order valence-corrected chi connectivity index (χ0v) is 14.0. The molecular weight excluding hydrogens is 306 g/mol. The number of nitrogens with zero attached hydrogens (tertiary/aromatic N) is 2. The maximum absolute atomic E-state index is 12.2. The molecule has 0 unspecified atom stereocenters. The third-order valence-corrected chi connectivity index (χ3v) is 6.09. The quantitative estimate of drug-likeness (QED) is 0.914. The monoisotopic (exact) mass is 325 g/mol. The van der Waals surface area contributed by atoms with Crippen molar-refractivity contribution in [3.8, 4) is 0 Å². The summed E-state index contributed by atoms with van der Waals surface area (Å²) in [6.07, 6.45) is 0. The molecule has 0 aliphatic carbocycles. The van der Waals surface area contributed by atoms with Gasteiger partial charge in [0.15, 0.2) is 15.7 Å². The molecular formula is C14H19N3O2S2. The number of nitrogens with two attached hydrogens (primary N) is 1. The lowest BCUT2D eigenvalue weighted by atomic mass is 10.1. The molecule has 0 bridgehead atoms. The fraction of sp³-hybridized carbons (Fsp3) is 0.357. The summed E-state index contributed by atoms with van der Waals surface area (Å²) in [4.78, 5) is 2.04. The predicted octanol–water partition coefficient (Wildman–Crippen LogP) is 2.46. The summed E-state index contributed by atoms with van der Waals surface area (Å²) in [5, 5.41) is 0.593. The molecule has 114 valence electrons. The summed E-state index contributed by atoms with van der Waals surface area (Å²) >= 11 is 1.12. The Morgan fingerprint density at radius 2 is 2.10 bits per heavy atom. The van der Waals surface area contributed by atoms with Gasteiger partial charge in [0, 0.05) is 13.6 Å². The minimum Gasteiger partial charge on any atom is -0.382 e. The van der Waals surface area contributed by atoms with Crippen molar-refractivity contribution in [3.63, 3.8) is 0 Å². The largest absolute Gasteiger partial charge is 0.382 e. The minimum atomic E-state index is -3.38. The van der Waals surface area contributed by atoms with Crippen molar-refractivity contribution in [1.82, 2.24) is 4.37 Å². The van der Waals surface area contributed by atoms with Gasteiger partial charge in [0.2, 0.25) is 0 Å². The van der Waals surface area contributed by atoms with Crippen molar-refractivity contribution < 1.29 is 8.42 Å². The van der Waals surface area contributed by atoms with Crippen molar-refractivity contribution in [3.05, 3.63) is 35.4 Å². The first-order valence-corrected chi connectivity index (χ1v) is 9.02. The van der Waals surface area contributed by atoms with E-state index >= 15 is 0 Å². The third kappa shape index (κ3) is 3.36. The van der Waals surface area contributed by atoms with Crippen molar-refractivity contribution >= 4 is 32.2 Å². The first-order chi connectivity index (χ1) is 9.85. The van der Waals surface area contributed by atoms with Crippen LogP contribution >= 0.6 is 11.5 Å². The Labute approximate surface area is 129 Å². The first kappa shape index (κ1) is 15.8. The van der Waals surface area contributed by atoms with E-state index in [0.717, 1.165) is 17.1 Å². The van der Waals surface area contributed by atoms with Crippen LogP contribution in [-0.4, -0.2) is 25.6 Å². The number of anilines is 2. The second-order valence-electron chi connectivity index (χ2n) is 4.95. The summed E-state index contributed by atoms with van der Waals surface area (Å²) in [6.45, 7) is 4.24. The number of aromatic nitrogens is 1. The molecule has 1 aromatic carbocycles. The highest BCUT2D eigenvalue weighted by atomic mass is 32.2. The van der Waals surface area contributed by atoms with E-state index in [1.165, 1.54) is 5.56 Å². The zero-order valence-electron chi connectivity index (χ0n) is 12.3. The molecule has 0 aliphatic heterocycles. The predicted molar refractivity (Wildman–Crippen MR) is 87.5 cm³/mol. The maximum atomic E-state index is 12.2. The second-order valence-corrected chi connectivity index (χ2v) is 7.92. The number of nitrogen functional groups attached to an aromatic ring is 1. The van der Waals surface area contributed by atoms with E-state index in [1.54, 1.807) is 6.92 Å². The minimum absolute atomic E-state index is 0.0148. The Hall–Kier alpha value is -1.60. The van der Waals surface area contributed by atoms with Gasteiger partial charge in [0.05, 0.1) is 5.75 Å². The number of hydrogen-bond acceptors (Lipinski definition) is 6. The Morgan fingerprint density at radius 1 is 1.38 bits per heavy atom. The Bertz CT molecular complexity index is 738. The molecule has 0 saturated heterocycles. The van der Waals surface area contributed by atoms with E-state index < -0.39 is 9.84 Å². The molecule has 0 fully saturated rings. The summed E-state index contributed by atoms with van der Waals surface area (Å²) in [5.74, 6) is 0.105. The summed E-state index contributed by atoms with van der Waals surface area (Å²) in [5.41, 5.74) is 8.04. The molecule has 7 heteroatoms. The lowest BCUT2D eigenvalue weighted by Gasteiger charge is -2.18. The first-order valence-electron chi connectivity index (χ1n) is 6.59. The van der Waals surface area contributed by atoms with Gasteiger partial charge in [-0.2, -0.15) is 4.37 Å². The van der Waals surface area contributed by atoms with Gasteiger partial charge in [-0.3, -0.25) is 0 Å². The van der Waals surface area contributed by atoms with Gasteiger partial charge < -0.3 is 10.6 Å². The van der Waals surface area contributed by atoms with Crippen LogP contribution in [-0.2, 0) is 16.4 Å². The normalized spacial score (nSPS) is 11.6. The van der Waals surface area contributed by atoms with Crippen LogP contribution in [0.4, 0.5) is 10.8 Å². The fourth-order valence-electron chi connectivity index (χ4n) is 2.12. The lowest BCUT2D eigenvalue weighted by Crippen LogP contribution is -2.18. The molecule has 0 saturated carbocycles. The van der Waals surface area contributed by atoms with Gasteiger partial charge in [0.25, 0.3) is 0 Å². The standard InChI is InChI=1S/C14H19N3O2S2/c1-4-21(18,19)12-13(15)16-20-14(12)17(3)9-11-7-5-6-10(2)8-11/h5-8H,4,9H2,1-3H3,(H2,15,16). The molecule has 0 amide bonds. The summed E-state index contributed by atoms with van der Waals surface area (Å²) in [6, 6.07) is 8.11. The van der Waals surface area contributed by atoms with E-state index in [-0.39, 0.29) is 16.5 Å². The van der Waals surface area contributed by atoms with Gasteiger partial charge in [-0.25, -0.2) is 8.42 Å².